The Hall–Kier alpha value is -2.04. The Labute approximate surface area is 131 Å². The second-order valence-corrected chi connectivity index (χ2v) is 5.42. The monoisotopic (exact) mass is 304 g/mol. The lowest BCUT2D eigenvalue weighted by Gasteiger charge is -2.20. The lowest BCUT2D eigenvalue weighted by atomic mass is 10.1. The van der Waals surface area contributed by atoms with Gasteiger partial charge in [-0.3, -0.25) is 9.79 Å². The number of benzene rings is 1. The summed E-state index contributed by atoms with van der Waals surface area (Å²) in [5.41, 5.74) is 1.23. The predicted octanol–water partition coefficient (Wildman–Crippen LogP) is 3.44. The van der Waals surface area contributed by atoms with Gasteiger partial charge < -0.3 is 14.4 Å². The molecule has 3 rings (SSSR count). The lowest BCUT2D eigenvalue weighted by Crippen LogP contribution is -2.35. The fourth-order valence-electron chi connectivity index (χ4n) is 2.67. The molecule has 0 bridgehead atoms. The molecule has 1 unspecified atom stereocenters. The molecule has 5 heteroatoms. The van der Waals surface area contributed by atoms with E-state index in [0.717, 1.165) is 19.4 Å². The van der Waals surface area contributed by atoms with Crippen molar-refractivity contribution >= 4 is 17.8 Å². The number of nitrogens with zero attached hydrogens (tertiary/aromatic N) is 2. The molecule has 2 aliphatic heterocycles. The van der Waals surface area contributed by atoms with E-state index in [2.05, 4.69) is 18.8 Å². The maximum Gasteiger partial charge on any atom is 0.256 e. The van der Waals surface area contributed by atoms with Crippen molar-refractivity contribution in [1.82, 2.24) is 4.90 Å². The van der Waals surface area contributed by atoms with Crippen molar-refractivity contribution in [2.75, 3.05) is 20.8 Å². The fraction of sp³-hybridized carbons (Fsp3) is 0.529. The number of carbonyl (C=O) groups is 1. The van der Waals surface area contributed by atoms with Crippen molar-refractivity contribution < 1.29 is 14.3 Å². The highest BCUT2D eigenvalue weighted by Gasteiger charge is 2.32. The van der Waals surface area contributed by atoms with E-state index < -0.39 is 0 Å². The topological polar surface area (TPSA) is 51.1 Å². The van der Waals surface area contributed by atoms with Crippen LogP contribution in [0, 0.1) is 0 Å². The molecule has 22 heavy (non-hydrogen) atoms. The van der Waals surface area contributed by atoms with E-state index in [0.29, 0.717) is 22.7 Å². The lowest BCUT2D eigenvalue weighted by molar-refractivity contribution is 0.0774. The van der Waals surface area contributed by atoms with Crippen molar-refractivity contribution in [3.05, 3.63) is 17.7 Å². The quantitative estimate of drug-likeness (QED) is 0.841. The van der Waals surface area contributed by atoms with Gasteiger partial charge in [0.1, 0.15) is 0 Å². The van der Waals surface area contributed by atoms with Gasteiger partial charge in [-0.25, -0.2) is 0 Å². The molecule has 0 radical (unpaired) electrons. The summed E-state index contributed by atoms with van der Waals surface area (Å²) in [7, 11) is 3.14. The standard InChI is InChI=1S/C14H16N2O3.C3H8/c1-18-12-6-10-11(7-13(12)19-2)15-8-9-4-3-5-16(9)14(10)17;1-3-2/h6-9H,3-5H2,1-2H3;3H2,1-2H3. The first kappa shape index (κ1) is 16.3. The van der Waals surface area contributed by atoms with Gasteiger partial charge in [0.2, 0.25) is 0 Å². The van der Waals surface area contributed by atoms with Crippen LogP contribution in [0.25, 0.3) is 0 Å². The van der Waals surface area contributed by atoms with E-state index in [1.807, 2.05) is 11.1 Å². The summed E-state index contributed by atoms with van der Waals surface area (Å²) < 4.78 is 10.5. The molecule has 1 aromatic rings. The van der Waals surface area contributed by atoms with Crippen LogP contribution in [0.2, 0.25) is 0 Å². The minimum absolute atomic E-state index is 0.0240. The number of amides is 1. The second-order valence-electron chi connectivity index (χ2n) is 5.42. The Morgan fingerprint density at radius 2 is 1.86 bits per heavy atom. The van der Waals surface area contributed by atoms with Gasteiger partial charge in [0.15, 0.2) is 11.5 Å². The van der Waals surface area contributed by atoms with Crippen molar-refractivity contribution in [2.24, 2.45) is 4.99 Å². The number of rotatable bonds is 2. The molecule has 1 atom stereocenters. The van der Waals surface area contributed by atoms with Crippen LogP contribution in [0.4, 0.5) is 5.69 Å². The van der Waals surface area contributed by atoms with E-state index >= 15 is 0 Å². The van der Waals surface area contributed by atoms with Crippen LogP contribution in [0.3, 0.4) is 0 Å². The first-order valence-corrected chi connectivity index (χ1v) is 7.77. The average Bonchev–Trinajstić information content (AvgIpc) is 2.96. The molecule has 2 aliphatic rings. The summed E-state index contributed by atoms with van der Waals surface area (Å²) >= 11 is 0. The number of ether oxygens (including phenoxy) is 2. The number of aliphatic imine (C=N–C) groups is 1. The van der Waals surface area contributed by atoms with Crippen LogP contribution in [-0.2, 0) is 0 Å². The SMILES string of the molecule is CCC.COc1cc2c(cc1OC)C(=O)N1CCCC1C=N2. The van der Waals surface area contributed by atoms with Crippen molar-refractivity contribution in [3.63, 3.8) is 0 Å². The highest BCUT2D eigenvalue weighted by atomic mass is 16.5. The van der Waals surface area contributed by atoms with Crippen LogP contribution in [0.15, 0.2) is 17.1 Å². The summed E-state index contributed by atoms with van der Waals surface area (Å²) in [6, 6.07) is 3.59. The molecule has 0 aliphatic carbocycles. The van der Waals surface area contributed by atoms with Crippen LogP contribution < -0.4 is 9.47 Å². The number of methoxy groups -OCH3 is 2. The number of hydrogen-bond donors (Lipinski definition) is 0. The van der Waals surface area contributed by atoms with Gasteiger partial charge in [-0.2, -0.15) is 0 Å². The molecule has 1 fully saturated rings. The smallest absolute Gasteiger partial charge is 0.256 e. The zero-order valence-electron chi connectivity index (χ0n) is 13.8. The van der Waals surface area contributed by atoms with Gasteiger partial charge in [0.05, 0.1) is 31.5 Å². The molecule has 1 saturated heterocycles. The number of carbonyl (C=O) groups excluding carboxylic acids is 1. The molecule has 0 saturated carbocycles. The summed E-state index contributed by atoms with van der Waals surface area (Å²) in [6.45, 7) is 5.04. The van der Waals surface area contributed by atoms with Gasteiger partial charge in [-0.1, -0.05) is 20.3 Å². The Bertz CT molecular complexity index is 569. The van der Waals surface area contributed by atoms with Gasteiger partial charge in [0, 0.05) is 18.8 Å². The predicted molar refractivity (Wildman–Crippen MR) is 87.7 cm³/mol. The molecule has 5 nitrogen and oxygen atoms in total. The first-order valence-electron chi connectivity index (χ1n) is 7.77. The van der Waals surface area contributed by atoms with Crippen molar-refractivity contribution in [1.29, 1.82) is 0 Å². The van der Waals surface area contributed by atoms with E-state index in [9.17, 15) is 4.79 Å². The van der Waals surface area contributed by atoms with Crippen molar-refractivity contribution in [3.8, 4) is 11.5 Å². The van der Waals surface area contributed by atoms with Gasteiger partial charge >= 0.3 is 0 Å². The number of hydrogen-bond acceptors (Lipinski definition) is 4. The van der Waals surface area contributed by atoms with Gasteiger partial charge in [-0.05, 0) is 18.9 Å². The van der Waals surface area contributed by atoms with Crippen molar-refractivity contribution in [2.45, 2.75) is 39.2 Å². The molecule has 1 amide bonds. The molecule has 0 N–H and O–H groups in total. The van der Waals surface area contributed by atoms with Crippen LogP contribution in [0.5, 0.6) is 11.5 Å². The van der Waals surface area contributed by atoms with Crippen LogP contribution >= 0.6 is 0 Å². The van der Waals surface area contributed by atoms with E-state index in [1.54, 1.807) is 26.4 Å². The van der Waals surface area contributed by atoms with E-state index in [1.165, 1.54) is 6.42 Å². The molecule has 2 heterocycles. The zero-order valence-corrected chi connectivity index (χ0v) is 13.8. The van der Waals surface area contributed by atoms with E-state index in [4.69, 9.17) is 9.47 Å². The first-order chi connectivity index (χ1) is 10.7. The minimum atomic E-state index is 0.0240. The molecule has 120 valence electrons. The Morgan fingerprint density at radius 1 is 1.23 bits per heavy atom. The fourth-order valence-corrected chi connectivity index (χ4v) is 2.67. The van der Waals surface area contributed by atoms with Gasteiger partial charge in [0.25, 0.3) is 5.91 Å². The Morgan fingerprint density at radius 3 is 2.50 bits per heavy atom. The maximum absolute atomic E-state index is 12.5. The summed E-state index contributed by atoms with van der Waals surface area (Å²) in [4.78, 5) is 18.9. The van der Waals surface area contributed by atoms with Gasteiger partial charge in [-0.15, -0.1) is 0 Å². The van der Waals surface area contributed by atoms with Crippen LogP contribution in [-0.4, -0.2) is 43.8 Å². The second kappa shape index (κ2) is 7.29. The maximum atomic E-state index is 12.5. The number of fused-ring (bicyclic) bond motifs is 2. The molecule has 1 aromatic carbocycles. The third-order valence-electron chi connectivity index (χ3n) is 3.68. The van der Waals surface area contributed by atoms with Crippen LogP contribution in [0.1, 0.15) is 43.5 Å². The highest BCUT2D eigenvalue weighted by molar-refractivity contribution is 6.03. The average molecular weight is 304 g/mol. The summed E-state index contributed by atoms with van der Waals surface area (Å²) in [5, 5.41) is 0. The molecular formula is C17H24N2O3. The van der Waals surface area contributed by atoms with E-state index in [-0.39, 0.29) is 11.9 Å². The Balaban J connectivity index is 0.000000545. The third-order valence-corrected chi connectivity index (χ3v) is 3.68. The normalized spacial score (nSPS) is 18.8. The molecule has 0 aromatic heterocycles. The molecule has 0 spiro atoms. The summed E-state index contributed by atoms with van der Waals surface area (Å²) in [5.74, 6) is 1.17. The largest absolute Gasteiger partial charge is 0.493 e. The zero-order chi connectivity index (χ0) is 16.1. The summed E-state index contributed by atoms with van der Waals surface area (Å²) in [6.07, 6.45) is 5.13. The minimum Gasteiger partial charge on any atom is -0.493 e. The Kier molecular flexibility index (Phi) is 5.41. The highest BCUT2D eigenvalue weighted by Crippen LogP contribution is 2.37. The molecular weight excluding hydrogens is 280 g/mol. The third kappa shape index (κ3) is 3.08.